The summed E-state index contributed by atoms with van der Waals surface area (Å²) < 4.78 is 6.53. The second-order valence-corrected chi connectivity index (χ2v) is 3.96. The van der Waals surface area contributed by atoms with E-state index in [0.29, 0.717) is 22.4 Å². The highest BCUT2D eigenvalue weighted by molar-refractivity contribution is 7.16. The van der Waals surface area contributed by atoms with Crippen LogP contribution in [-0.2, 0) is 11.3 Å². The lowest BCUT2D eigenvalue weighted by Crippen LogP contribution is -2.14. The summed E-state index contributed by atoms with van der Waals surface area (Å²) in [7, 11) is 1.58. The summed E-state index contributed by atoms with van der Waals surface area (Å²) in [5.41, 5.74) is 5.65. The number of aromatic nitrogens is 4. The average molecular weight is 229 g/mol. The molecule has 2 rings (SSSR count). The van der Waals surface area contributed by atoms with Gasteiger partial charge in [0.05, 0.1) is 12.6 Å². The smallest absolute Gasteiger partial charge is 0.234 e. The van der Waals surface area contributed by atoms with Crippen molar-refractivity contribution in [3.8, 4) is 0 Å². The van der Waals surface area contributed by atoms with E-state index in [0.717, 1.165) is 0 Å². The van der Waals surface area contributed by atoms with Crippen LogP contribution in [0.1, 0.15) is 16.9 Å². The monoisotopic (exact) mass is 229 g/mol. The fourth-order valence-electron chi connectivity index (χ4n) is 1.12. The molecule has 2 aromatic heterocycles. The second-order valence-electron chi connectivity index (χ2n) is 2.97. The van der Waals surface area contributed by atoms with E-state index in [4.69, 9.17) is 15.6 Å². The molecule has 0 saturated heterocycles. The molecule has 1 atom stereocenters. The number of fused-ring (bicyclic) bond motifs is 1. The summed E-state index contributed by atoms with van der Waals surface area (Å²) >= 11 is 1.31. The highest BCUT2D eigenvalue weighted by Crippen LogP contribution is 2.18. The number of nitrogens with two attached hydrogens (primary N) is 1. The first-order valence-electron chi connectivity index (χ1n) is 4.32. The maximum absolute atomic E-state index is 8.90. The van der Waals surface area contributed by atoms with Crippen LogP contribution in [0.2, 0.25) is 0 Å². The number of aliphatic hydroxyl groups excluding tert-OH is 1. The van der Waals surface area contributed by atoms with E-state index in [1.807, 2.05) is 0 Å². The van der Waals surface area contributed by atoms with E-state index in [1.54, 1.807) is 11.6 Å². The number of nitrogens with zero attached hydrogens (tertiary/aromatic N) is 4. The van der Waals surface area contributed by atoms with Gasteiger partial charge in [0.25, 0.3) is 0 Å². The standard InChI is InChI=1S/C7H11N5O2S/c1-14-3-5-9-10-7-12(5)11-6(15-7)4(8)2-13/h4,13H,2-3,8H2,1H3. The van der Waals surface area contributed by atoms with Gasteiger partial charge in [-0.15, -0.1) is 10.2 Å². The van der Waals surface area contributed by atoms with Crippen LogP contribution in [0.25, 0.3) is 4.96 Å². The van der Waals surface area contributed by atoms with Crippen LogP contribution in [-0.4, -0.2) is 38.6 Å². The lowest BCUT2D eigenvalue weighted by molar-refractivity contribution is 0.176. The zero-order chi connectivity index (χ0) is 10.8. The van der Waals surface area contributed by atoms with Crippen molar-refractivity contribution in [3.05, 3.63) is 10.8 Å². The summed E-state index contributed by atoms with van der Waals surface area (Å²) in [6.07, 6.45) is 0. The molecule has 0 radical (unpaired) electrons. The molecule has 0 saturated carbocycles. The number of aliphatic hydroxyl groups is 1. The molecule has 0 aliphatic heterocycles. The molecule has 82 valence electrons. The van der Waals surface area contributed by atoms with Gasteiger partial charge in [0, 0.05) is 7.11 Å². The Morgan fingerprint density at radius 3 is 3.07 bits per heavy atom. The van der Waals surface area contributed by atoms with Crippen molar-refractivity contribution in [2.45, 2.75) is 12.6 Å². The fourth-order valence-corrected chi connectivity index (χ4v) is 1.97. The molecule has 1 unspecified atom stereocenters. The summed E-state index contributed by atoms with van der Waals surface area (Å²) in [5, 5.41) is 21.6. The van der Waals surface area contributed by atoms with Crippen LogP contribution in [0.5, 0.6) is 0 Å². The Bertz CT molecular complexity index is 453. The van der Waals surface area contributed by atoms with Gasteiger partial charge in [0.2, 0.25) is 4.96 Å². The number of methoxy groups -OCH3 is 1. The highest BCUT2D eigenvalue weighted by Gasteiger charge is 2.15. The summed E-state index contributed by atoms with van der Waals surface area (Å²) in [6.45, 7) is 0.211. The third-order valence-corrected chi connectivity index (χ3v) is 2.89. The number of rotatable bonds is 4. The molecular formula is C7H11N5O2S. The predicted molar refractivity (Wildman–Crippen MR) is 53.4 cm³/mol. The molecule has 2 aromatic rings. The van der Waals surface area contributed by atoms with Gasteiger partial charge in [-0.05, 0) is 0 Å². The molecule has 0 fully saturated rings. The Morgan fingerprint density at radius 1 is 1.60 bits per heavy atom. The average Bonchev–Trinajstić information content (AvgIpc) is 2.79. The maximum atomic E-state index is 8.90. The van der Waals surface area contributed by atoms with Gasteiger partial charge in [-0.2, -0.15) is 9.61 Å². The molecule has 15 heavy (non-hydrogen) atoms. The van der Waals surface area contributed by atoms with Gasteiger partial charge in [-0.1, -0.05) is 11.3 Å². The number of ether oxygens (including phenoxy) is 1. The minimum atomic E-state index is -0.466. The molecule has 3 N–H and O–H groups in total. The first-order chi connectivity index (χ1) is 7.26. The molecule has 0 aromatic carbocycles. The Balaban J connectivity index is 2.38. The largest absolute Gasteiger partial charge is 0.394 e. The zero-order valence-corrected chi connectivity index (χ0v) is 8.94. The van der Waals surface area contributed by atoms with Gasteiger partial charge in [-0.25, -0.2) is 0 Å². The lowest BCUT2D eigenvalue weighted by Gasteiger charge is -2.00. The van der Waals surface area contributed by atoms with Crippen molar-refractivity contribution in [3.63, 3.8) is 0 Å². The van der Waals surface area contributed by atoms with E-state index in [9.17, 15) is 0 Å². The number of hydrogen-bond donors (Lipinski definition) is 2. The molecule has 2 heterocycles. The molecule has 0 aliphatic carbocycles. The molecule has 0 spiro atoms. The van der Waals surface area contributed by atoms with Gasteiger partial charge >= 0.3 is 0 Å². The zero-order valence-electron chi connectivity index (χ0n) is 8.12. The van der Waals surface area contributed by atoms with Crippen LogP contribution in [0, 0.1) is 0 Å². The Kier molecular flexibility index (Phi) is 2.91. The maximum Gasteiger partial charge on any atom is 0.234 e. The van der Waals surface area contributed by atoms with Gasteiger partial charge in [0.15, 0.2) is 5.82 Å². The topological polar surface area (TPSA) is 98.6 Å². The molecule has 0 amide bonds. The first-order valence-corrected chi connectivity index (χ1v) is 5.14. The van der Waals surface area contributed by atoms with Crippen LogP contribution >= 0.6 is 11.3 Å². The van der Waals surface area contributed by atoms with Crippen LogP contribution in [0.3, 0.4) is 0 Å². The predicted octanol–water partition coefficient (Wildman–Crippen LogP) is -0.676. The Morgan fingerprint density at radius 2 is 2.40 bits per heavy atom. The third-order valence-electron chi connectivity index (χ3n) is 1.86. The van der Waals surface area contributed by atoms with Gasteiger partial charge < -0.3 is 15.6 Å². The minimum absolute atomic E-state index is 0.135. The van der Waals surface area contributed by atoms with Gasteiger partial charge in [0.1, 0.15) is 11.6 Å². The highest BCUT2D eigenvalue weighted by atomic mass is 32.1. The van der Waals surface area contributed by atoms with Crippen LogP contribution in [0.4, 0.5) is 0 Å². The molecule has 7 nitrogen and oxygen atoms in total. The first kappa shape index (κ1) is 10.4. The molecule has 0 aliphatic rings. The van der Waals surface area contributed by atoms with E-state index in [-0.39, 0.29) is 6.61 Å². The summed E-state index contributed by atoms with van der Waals surface area (Å²) in [6, 6.07) is -0.466. The minimum Gasteiger partial charge on any atom is -0.394 e. The lowest BCUT2D eigenvalue weighted by atomic mass is 10.4. The van der Waals surface area contributed by atoms with E-state index >= 15 is 0 Å². The van der Waals surface area contributed by atoms with Crippen molar-refractivity contribution in [2.24, 2.45) is 5.73 Å². The Hall–Kier alpha value is -1.09. The quantitative estimate of drug-likeness (QED) is 0.721. The fraction of sp³-hybridized carbons (Fsp3) is 0.571. The van der Waals surface area contributed by atoms with E-state index < -0.39 is 6.04 Å². The van der Waals surface area contributed by atoms with Gasteiger partial charge in [-0.3, -0.25) is 0 Å². The van der Waals surface area contributed by atoms with Crippen molar-refractivity contribution >= 4 is 16.3 Å². The second kappa shape index (κ2) is 4.19. The SMILES string of the molecule is COCc1nnc2sc(C(N)CO)nn12. The third kappa shape index (κ3) is 1.84. The summed E-state index contributed by atoms with van der Waals surface area (Å²) in [4.78, 5) is 0.654. The van der Waals surface area contributed by atoms with Crippen LogP contribution < -0.4 is 5.73 Å². The van der Waals surface area contributed by atoms with Crippen molar-refractivity contribution in [1.82, 2.24) is 19.8 Å². The Labute approximate surface area is 89.5 Å². The van der Waals surface area contributed by atoms with E-state index in [2.05, 4.69) is 15.3 Å². The molecular weight excluding hydrogens is 218 g/mol. The molecule has 8 heteroatoms. The van der Waals surface area contributed by atoms with E-state index in [1.165, 1.54) is 11.3 Å². The number of hydrogen-bond acceptors (Lipinski definition) is 7. The summed E-state index contributed by atoms with van der Waals surface area (Å²) in [5.74, 6) is 0.625. The molecule has 0 bridgehead atoms. The van der Waals surface area contributed by atoms with Crippen molar-refractivity contribution in [1.29, 1.82) is 0 Å². The van der Waals surface area contributed by atoms with Crippen LogP contribution in [0.15, 0.2) is 0 Å². The van der Waals surface area contributed by atoms with Crippen molar-refractivity contribution < 1.29 is 9.84 Å². The van der Waals surface area contributed by atoms with Crippen molar-refractivity contribution in [2.75, 3.05) is 13.7 Å². The normalized spacial score (nSPS) is 13.5.